The van der Waals surface area contributed by atoms with Crippen molar-refractivity contribution in [1.82, 2.24) is 19.9 Å². The first-order chi connectivity index (χ1) is 21.2. The molecule has 3 heterocycles. The third kappa shape index (κ3) is 6.37. The van der Waals surface area contributed by atoms with E-state index in [1.54, 1.807) is 48.8 Å². The van der Waals surface area contributed by atoms with Crippen LogP contribution in [0.25, 0.3) is 22.0 Å². The van der Waals surface area contributed by atoms with Crippen molar-refractivity contribution in [3.05, 3.63) is 66.2 Å². The topological polar surface area (TPSA) is 147 Å². The van der Waals surface area contributed by atoms with Gasteiger partial charge in [0.2, 0.25) is 21.9 Å². The van der Waals surface area contributed by atoms with Crippen molar-refractivity contribution in [2.75, 3.05) is 28.9 Å². The molecule has 0 radical (unpaired) electrons. The quantitative estimate of drug-likeness (QED) is 0.204. The fraction of sp³-hybridized carbons (Fsp3) is 0.355. The summed E-state index contributed by atoms with van der Waals surface area (Å²) in [6, 6.07) is 11.4. The Labute approximate surface area is 254 Å². The number of likely N-dealkylation sites (tertiary alicyclic amines) is 1. The molecule has 1 atom stereocenters. The van der Waals surface area contributed by atoms with Gasteiger partial charge in [0.25, 0.3) is 0 Å². The summed E-state index contributed by atoms with van der Waals surface area (Å²) in [5.74, 6) is 0.389. The van der Waals surface area contributed by atoms with E-state index in [1.807, 2.05) is 6.92 Å². The van der Waals surface area contributed by atoms with Crippen molar-refractivity contribution in [1.29, 1.82) is 0 Å². The van der Waals surface area contributed by atoms with Gasteiger partial charge in [-0.1, -0.05) is 18.6 Å². The van der Waals surface area contributed by atoms with Crippen molar-refractivity contribution in [2.45, 2.75) is 45.1 Å². The van der Waals surface area contributed by atoms with Crippen LogP contribution < -0.4 is 14.8 Å². The highest BCUT2D eigenvalue weighted by molar-refractivity contribution is 7.92. The highest BCUT2D eigenvalue weighted by Gasteiger charge is 2.27. The number of rotatable bonds is 9. The van der Waals surface area contributed by atoms with Crippen LogP contribution in [0.4, 0.5) is 20.8 Å². The summed E-state index contributed by atoms with van der Waals surface area (Å²) in [5.41, 5.74) is 1.75. The van der Waals surface area contributed by atoms with E-state index in [4.69, 9.17) is 4.74 Å². The number of nitrogens with zero attached hydrogens (tertiary/aromatic N) is 4. The zero-order chi connectivity index (χ0) is 30.8. The number of hydrogen-bond acceptors (Lipinski definition) is 8. The summed E-state index contributed by atoms with van der Waals surface area (Å²) in [4.78, 5) is 26.3. The first-order valence-electron chi connectivity index (χ1n) is 14.6. The number of aryl methyl sites for hydroxylation is 1. The normalized spacial score (nSPS) is 17.2. The molecule has 2 aromatic carbocycles. The molecule has 1 amide bonds. The van der Waals surface area contributed by atoms with Crippen LogP contribution in [-0.2, 0) is 10.0 Å². The Bertz CT molecular complexity index is 1820. The third-order valence-electron chi connectivity index (χ3n) is 8.16. The van der Waals surface area contributed by atoms with Crippen molar-refractivity contribution < 1.29 is 27.4 Å². The minimum Gasteiger partial charge on any atom is -0.465 e. The molecule has 0 bridgehead atoms. The lowest BCUT2D eigenvalue weighted by atomic mass is 9.87. The maximum Gasteiger partial charge on any atom is 0.407 e. The molecule has 11 nitrogen and oxygen atoms in total. The summed E-state index contributed by atoms with van der Waals surface area (Å²) in [5, 5.41) is 13.5. The Morgan fingerprint density at radius 2 is 1.89 bits per heavy atom. The maximum absolute atomic E-state index is 15.1. The number of sulfonamides is 1. The number of anilines is 2. The second-order valence-corrected chi connectivity index (χ2v) is 13.1. The molecule has 1 saturated carbocycles. The van der Waals surface area contributed by atoms with E-state index >= 15 is 4.39 Å². The van der Waals surface area contributed by atoms with Gasteiger partial charge in [0.1, 0.15) is 11.6 Å². The van der Waals surface area contributed by atoms with Gasteiger partial charge in [0.15, 0.2) is 0 Å². The number of halogens is 1. The summed E-state index contributed by atoms with van der Waals surface area (Å²) >= 11 is 0. The molecule has 2 fully saturated rings. The van der Waals surface area contributed by atoms with Crippen LogP contribution in [0.15, 0.2) is 54.9 Å². The number of benzene rings is 2. The largest absolute Gasteiger partial charge is 0.465 e. The smallest absolute Gasteiger partial charge is 0.407 e. The predicted molar refractivity (Wildman–Crippen MR) is 165 cm³/mol. The minimum absolute atomic E-state index is 0.0380. The first-order valence-corrected chi connectivity index (χ1v) is 16.2. The van der Waals surface area contributed by atoms with Crippen LogP contribution in [0.2, 0.25) is 0 Å². The van der Waals surface area contributed by atoms with Gasteiger partial charge in [0, 0.05) is 42.3 Å². The fourth-order valence-electron chi connectivity index (χ4n) is 5.66. The van der Waals surface area contributed by atoms with E-state index in [2.05, 4.69) is 25.0 Å². The molecule has 1 aliphatic carbocycles. The molecule has 2 aromatic heterocycles. The van der Waals surface area contributed by atoms with E-state index in [1.165, 1.54) is 11.0 Å². The van der Waals surface area contributed by atoms with Gasteiger partial charge in [-0.3, -0.25) is 4.72 Å². The van der Waals surface area contributed by atoms with Gasteiger partial charge in [-0.25, -0.2) is 32.6 Å². The van der Waals surface area contributed by atoms with Gasteiger partial charge in [0.05, 0.1) is 22.7 Å². The molecule has 3 N–H and O–H groups in total. The number of carboxylic acid groups (broad SMARTS) is 1. The van der Waals surface area contributed by atoms with Crippen molar-refractivity contribution in [3.63, 3.8) is 0 Å². The molecule has 2 aliphatic rings. The van der Waals surface area contributed by atoms with Gasteiger partial charge >= 0.3 is 6.09 Å². The Morgan fingerprint density at radius 1 is 1.07 bits per heavy atom. The lowest BCUT2D eigenvalue weighted by Crippen LogP contribution is -2.44. The molecule has 0 spiro atoms. The van der Waals surface area contributed by atoms with E-state index < -0.39 is 21.9 Å². The Morgan fingerprint density at radius 3 is 2.66 bits per heavy atom. The molecule has 1 saturated heterocycles. The standard InChI is InChI=1S/C31H33FN6O5S/c1-19-9-10-22-23(11-12-25(32)27(22)37-44(41,42)18-20-5-2-6-20)28(19)43-29-24(8-3-14-33-29)26-13-15-34-30(36-26)35-21-7-4-16-38(17-21)31(39)40/h3,8-15,20-21,37H,2,4-7,16-18H2,1H3,(H,39,40)(H,34,35,36). The van der Waals surface area contributed by atoms with Gasteiger partial charge in [-0.15, -0.1) is 0 Å². The molecular weight excluding hydrogens is 587 g/mol. The number of carbonyl (C=O) groups is 1. The van der Waals surface area contributed by atoms with Crippen LogP contribution in [0, 0.1) is 18.7 Å². The molecule has 6 rings (SSSR count). The monoisotopic (exact) mass is 620 g/mol. The minimum atomic E-state index is -3.75. The average Bonchev–Trinajstić information content (AvgIpc) is 2.98. The first kappa shape index (κ1) is 29.5. The summed E-state index contributed by atoms with van der Waals surface area (Å²) in [7, 11) is -3.75. The Kier molecular flexibility index (Phi) is 8.21. The average molecular weight is 621 g/mol. The van der Waals surface area contributed by atoms with E-state index in [9.17, 15) is 18.3 Å². The van der Waals surface area contributed by atoms with Gasteiger partial charge < -0.3 is 20.1 Å². The second-order valence-electron chi connectivity index (χ2n) is 11.3. The van der Waals surface area contributed by atoms with Gasteiger partial charge in [-0.05, 0) is 74.4 Å². The zero-order valence-corrected chi connectivity index (χ0v) is 25.0. The van der Waals surface area contributed by atoms with E-state index in [0.29, 0.717) is 46.8 Å². The number of nitrogens with one attached hydrogen (secondary N) is 2. The number of aromatic nitrogens is 3. The summed E-state index contributed by atoms with van der Waals surface area (Å²) < 4.78 is 49.7. The molecule has 44 heavy (non-hydrogen) atoms. The van der Waals surface area contributed by atoms with Crippen LogP contribution in [0.3, 0.4) is 0 Å². The van der Waals surface area contributed by atoms with Crippen molar-refractivity contribution >= 4 is 38.5 Å². The number of hydrogen-bond donors (Lipinski definition) is 3. The number of piperidine rings is 1. The summed E-state index contributed by atoms with van der Waals surface area (Å²) in [6.07, 6.45) is 6.49. The van der Waals surface area contributed by atoms with Crippen LogP contribution in [0.5, 0.6) is 11.6 Å². The fourth-order valence-corrected chi connectivity index (χ4v) is 7.22. The van der Waals surface area contributed by atoms with Crippen LogP contribution >= 0.6 is 0 Å². The number of amides is 1. The Hall–Kier alpha value is -4.52. The Balaban J connectivity index is 1.30. The zero-order valence-electron chi connectivity index (χ0n) is 24.2. The summed E-state index contributed by atoms with van der Waals surface area (Å²) in [6.45, 7) is 2.68. The van der Waals surface area contributed by atoms with E-state index in [0.717, 1.165) is 37.7 Å². The molecule has 4 aromatic rings. The van der Waals surface area contributed by atoms with Crippen molar-refractivity contribution in [2.24, 2.45) is 5.92 Å². The molecule has 230 valence electrons. The molecule has 1 unspecified atom stereocenters. The van der Waals surface area contributed by atoms with Crippen LogP contribution in [0.1, 0.15) is 37.7 Å². The maximum atomic E-state index is 15.1. The molecular formula is C31H33FN6O5S. The third-order valence-corrected chi connectivity index (χ3v) is 9.59. The number of ether oxygens (including phenoxy) is 1. The van der Waals surface area contributed by atoms with Gasteiger partial charge in [-0.2, -0.15) is 0 Å². The van der Waals surface area contributed by atoms with E-state index in [-0.39, 0.29) is 29.3 Å². The van der Waals surface area contributed by atoms with Crippen LogP contribution in [-0.4, -0.2) is 64.4 Å². The highest BCUT2D eigenvalue weighted by atomic mass is 32.2. The molecule has 1 aliphatic heterocycles. The highest BCUT2D eigenvalue weighted by Crippen LogP contribution is 2.40. The second kappa shape index (κ2) is 12.2. The van der Waals surface area contributed by atoms with Crippen molar-refractivity contribution in [3.8, 4) is 22.9 Å². The predicted octanol–water partition coefficient (Wildman–Crippen LogP) is 6.03. The lowest BCUT2D eigenvalue weighted by Gasteiger charge is -2.31. The molecule has 13 heteroatoms. The lowest BCUT2D eigenvalue weighted by molar-refractivity contribution is 0.132. The SMILES string of the molecule is Cc1ccc2c(NS(=O)(=O)CC3CCC3)c(F)ccc2c1Oc1ncccc1-c1ccnc(NC2CCCN(C(=O)O)C2)n1. The number of pyridine rings is 1. The number of fused-ring (bicyclic) bond motifs is 1.